The van der Waals surface area contributed by atoms with E-state index in [9.17, 15) is 14.4 Å². The molecule has 1 aliphatic heterocycles. The second-order valence-corrected chi connectivity index (χ2v) is 7.37. The largest absolute Gasteiger partial charge is 0.490 e. The zero-order valence-electron chi connectivity index (χ0n) is 17.9. The fourth-order valence-electron chi connectivity index (χ4n) is 3.75. The second kappa shape index (κ2) is 10.1. The Labute approximate surface area is 182 Å². The molecule has 164 valence electrons. The molecule has 0 aliphatic carbocycles. The number of nitrogens with zero attached hydrogens (tertiary/aromatic N) is 1. The van der Waals surface area contributed by atoms with Gasteiger partial charge in [0.25, 0.3) is 5.91 Å². The van der Waals surface area contributed by atoms with Gasteiger partial charge < -0.3 is 20.1 Å². The minimum absolute atomic E-state index is 0.207. The van der Waals surface area contributed by atoms with Crippen LogP contribution >= 0.6 is 0 Å². The molecule has 0 radical (unpaired) electrons. The molecule has 2 aromatic carbocycles. The molecule has 2 N–H and O–H groups in total. The van der Waals surface area contributed by atoms with Crippen LogP contribution < -0.4 is 15.2 Å². The maximum Gasteiger partial charge on any atom is 0.254 e. The quantitative estimate of drug-likeness (QED) is 0.657. The Hall–Kier alpha value is -3.35. The highest BCUT2D eigenvalue weighted by Gasteiger charge is 2.28. The lowest BCUT2D eigenvalue weighted by molar-refractivity contribution is -0.123. The maximum absolute atomic E-state index is 13.3. The van der Waals surface area contributed by atoms with Crippen molar-refractivity contribution in [1.82, 2.24) is 4.90 Å². The lowest BCUT2D eigenvalue weighted by Gasteiger charge is -2.31. The van der Waals surface area contributed by atoms with Gasteiger partial charge in [-0.05, 0) is 51.0 Å². The first-order valence-electron chi connectivity index (χ1n) is 10.6. The van der Waals surface area contributed by atoms with Crippen molar-refractivity contribution in [3.63, 3.8) is 0 Å². The number of hydrogen-bond donors (Lipinski definition) is 1. The summed E-state index contributed by atoms with van der Waals surface area (Å²) in [7, 11) is 0. The van der Waals surface area contributed by atoms with Crippen molar-refractivity contribution in [2.24, 2.45) is 11.7 Å². The van der Waals surface area contributed by atoms with Crippen LogP contribution in [0.4, 0.5) is 0 Å². The first-order valence-corrected chi connectivity index (χ1v) is 10.6. The highest BCUT2D eigenvalue weighted by atomic mass is 16.5. The van der Waals surface area contributed by atoms with Crippen molar-refractivity contribution in [2.75, 3.05) is 26.3 Å². The lowest BCUT2D eigenvalue weighted by Crippen LogP contribution is -2.42. The van der Waals surface area contributed by atoms with E-state index in [1.165, 1.54) is 0 Å². The van der Waals surface area contributed by atoms with Crippen molar-refractivity contribution in [3.8, 4) is 11.5 Å². The Kier molecular flexibility index (Phi) is 7.28. The summed E-state index contributed by atoms with van der Waals surface area (Å²) in [6, 6.07) is 11.8. The van der Waals surface area contributed by atoms with E-state index in [0.717, 1.165) is 0 Å². The summed E-state index contributed by atoms with van der Waals surface area (Å²) in [5.74, 6) is 0.0444. The van der Waals surface area contributed by atoms with Gasteiger partial charge in [0.15, 0.2) is 17.3 Å². The first kappa shape index (κ1) is 22.3. The third-order valence-electron chi connectivity index (χ3n) is 5.39. The summed E-state index contributed by atoms with van der Waals surface area (Å²) in [6.07, 6.45) is 1.07. The zero-order valence-corrected chi connectivity index (χ0v) is 17.9. The number of ether oxygens (including phenoxy) is 2. The lowest BCUT2D eigenvalue weighted by atomic mass is 9.94. The van der Waals surface area contributed by atoms with Crippen LogP contribution in [0.25, 0.3) is 0 Å². The van der Waals surface area contributed by atoms with Crippen molar-refractivity contribution in [2.45, 2.75) is 26.7 Å². The third-order valence-corrected chi connectivity index (χ3v) is 5.39. The third kappa shape index (κ3) is 5.05. The smallest absolute Gasteiger partial charge is 0.254 e. The number of ketones is 1. The highest BCUT2D eigenvalue weighted by molar-refractivity contribution is 6.15. The maximum atomic E-state index is 13.3. The van der Waals surface area contributed by atoms with Crippen LogP contribution in [-0.2, 0) is 4.79 Å². The van der Waals surface area contributed by atoms with Gasteiger partial charge in [-0.25, -0.2) is 0 Å². The Bertz CT molecular complexity index is 964. The van der Waals surface area contributed by atoms with E-state index in [1.54, 1.807) is 47.4 Å². The van der Waals surface area contributed by atoms with E-state index >= 15 is 0 Å². The number of carbonyl (C=O) groups excluding carboxylic acids is 3. The fraction of sp³-hybridized carbons (Fsp3) is 0.375. The summed E-state index contributed by atoms with van der Waals surface area (Å²) in [5.41, 5.74) is 6.48. The number of hydrogen-bond acceptors (Lipinski definition) is 5. The number of benzene rings is 2. The molecule has 7 heteroatoms. The fourth-order valence-corrected chi connectivity index (χ4v) is 3.75. The van der Waals surface area contributed by atoms with Crippen molar-refractivity contribution >= 4 is 17.6 Å². The van der Waals surface area contributed by atoms with Gasteiger partial charge in [0.05, 0.1) is 18.8 Å². The number of likely N-dealkylation sites (tertiary alicyclic amines) is 1. The van der Waals surface area contributed by atoms with Crippen LogP contribution in [0.15, 0.2) is 42.5 Å². The van der Waals surface area contributed by atoms with Gasteiger partial charge in [0.2, 0.25) is 5.91 Å². The Morgan fingerprint density at radius 1 is 0.935 bits per heavy atom. The van der Waals surface area contributed by atoms with E-state index in [1.807, 2.05) is 13.8 Å². The predicted molar refractivity (Wildman–Crippen MR) is 116 cm³/mol. The molecule has 3 rings (SSSR count). The van der Waals surface area contributed by atoms with E-state index in [2.05, 4.69) is 0 Å². The minimum atomic E-state index is -0.330. The molecule has 0 unspecified atom stereocenters. The molecule has 31 heavy (non-hydrogen) atoms. The average Bonchev–Trinajstić information content (AvgIpc) is 2.79. The number of nitrogens with two attached hydrogens (primary N) is 1. The van der Waals surface area contributed by atoms with Gasteiger partial charge in [-0.2, -0.15) is 0 Å². The van der Waals surface area contributed by atoms with E-state index in [4.69, 9.17) is 15.2 Å². The summed E-state index contributed by atoms with van der Waals surface area (Å²) in [4.78, 5) is 39.5. The molecular formula is C24H28N2O5. The SMILES string of the molecule is CCOc1ccc(C(=O)c2ccccc2C(=O)N2CCC(C(N)=O)CC2)cc1OCC. The summed E-state index contributed by atoms with van der Waals surface area (Å²) < 4.78 is 11.2. The van der Waals surface area contributed by atoms with E-state index < -0.39 is 0 Å². The summed E-state index contributed by atoms with van der Waals surface area (Å²) in [5, 5.41) is 0. The summed E-state index contributed by atoms with van der Waals surface area (Å²) >= 11 is 0. The molecule has 7 nitrogen and oxygen atoms in total. The molecule has 0 spiro atoms. The normalized spacial score (nSPS) is 14.2. The predicted octanol–water partition coefficient (Wildman–Crippen LogP) is 3.05. The monoisotopic (exact) mass is 424 g/mol. The van der Waals surface area contributed by atoms with Crippen molar-refractivity contribution < 1.29 is 23.9 Å². The van der Waals surface area contributed by atoms with Crippen LogP contribution in [0.2, 0.25) is 0 Å². The molecule has 1 fully saturated rings. The Morgan fingerprint density at radius 2 is 1.55 bits per heavy atom. The second-order valence-electron chi connectivity index (χ2n) is 7.37. The molecule has 1 heterocycles. The molecule has 1 saturated heterocycles. The summed E-state index contributed by atoms with van der Waals surface area (Å²) in [6.45, 7) is 5.53. The molecule has 0 saturated carbocycles. The average molecular weight is 424 g/mol. The number of piperidine rings is 1. The van der Waals surface area contributed by atoms with E-state index in [-0.39, 0.29) is 23.5 Å². The topological polar surface area (TPSA) is 98.9 Å². The molecule has 1 aliphatic rings. The van der Waals surface area contributed by atoms with Crippen LogP contribution in [0.1, 0.15) is 53.0 Å². The Morgan fingerprint density at radius 3 is 2.16 bits per heavy atom. The van der Waals surface area contributed by atoms with Gasteiger partial charge in [-0.15, -0.1) is 0 Å². The Balaban J connectivity index is 1.86. The van der Waals surface area contributed by atoms with Crippen LogP contribution in [0.5, 0.6) is 11.5 Å². The highest BCUT2D eigenvalue weighted by Crippen LogP contribution is 2.30. The number of rotatable bonds is 8. The number of carbonyl (C=O) groups is 3. The van der Waals surface area contributed by atoms with Crippen LogP contribution in [0, 0.1) is 5.92 Å². The van der Waals surface area contributed by atoms with Gasteiger partial charge >= 0.3 is 0 Å². The molecule has 0 bridgehead atoms. The number of amides is 2. The van der Waals surface area contributed by atoms with Crippen LogP contribution in [-0.4, -0.2) is 48.8 Å². The van der Waals surface area contributed by atoms with Gasteiger partial charge in [0.1, 0.15) is 0 Å². The first-order chi connectivity index (χ1) is 15.0. The molecule has 2 aromatic rings. The van der Waals surface area contributed by atoms with Gasteiger partial charge in [-0.3, -0.25) is 14.4 Å². The van der Waals surface area contributed by atoms with Crippen molar-refractivity contribution in [1.29, 1.82) is 0 Å². The van der Waals surface area contributed by atoms with Crippen LogP contribution in [0.3, 0.4) is 0 Å². The molecule has 0 aromatic heterocycles. The molecule has 2 amide bonds. The molecule has 0 atom stereocenters. The van der Waals surface area contributed by atoms with E-state index in [0.29, 0.717) is 67.3 Å². The standard InChI is InChI=1S/C24H28N2O5/c1-3-30-20-10-9-17(15-21(20)31-4-2)22(27)18-7-5-6-8-19(18)24(29)26-13-11-16(12-14-26)23(25)28/h5-10,15-16H,3-4,11-14H2,1-2H3,(H2,25,28). The number of primary amides is 1. The van der Waals surface area contributed by atoms with Crippen molar-refractivity contribution in [3.05, 3.63) is 59.2 Å². The molecular weight excluding hydrogens is 396 g/mol. The minimum Gasteiger partial charge on any atom is -0.490 e. The zero-order chi connectivity index (χ0) is 22.4. The van der Waals surface area contributed by atoms with Gasteiger partial charge in [0, 0.05) is 30.1 Å². The van der Waals surface area contributed by atoms with Gasteiger partial charge in [-0.1, -0.05) is 18.2 Å².